The van der Waals surface area contributed by atoms with Gasteiger partial charge in [0.15, 0.2) is 5.78 Å². The number of ether oxygens (including phenoxy) is 6. The fraction of sp³-hybridized carbons (Fsp3) is 0.255. The Balaban J connectivity index is 1.15. The summed E-state index contributed by atoms with van der Waals surface area (Å²) < 4.78 is 33.1. The molecule has 0 aliphatic heterocycles. The molecule has 0 amide bonds. The lowest BCUT2D eigenvalue weighted by atomic mass is 10.1. The lowest BCUT2D eigenvalue weighted by molar-refractivity contribution is -0.138. The minimum Gasteiger partial charge on any atom is -0.494 e. The minimum absolute atomic E-state index is 0.0529. The van der Waals surface area contributed by atoms with Crippen molar-refractivity contribution >= 4 is 51.2 Å². The van der Waals surface area contributed by atoms with Gasteiger partial charge in [-0.2, -0.15) is 0 Å². The molecule has 58 heavy (non-hydrogen) atoms. The molecule has 11 nitrogen and oxygen atoms in total. The third kappa shape index (κ3) is 12.4. The maximum Gasteiger partial charge on any atom is 0.343 e. The van der Waals surface area contributed by atoms with E-state index in [1.54, 1.807) is 43.3 Å². The minimum atomic E-state index is -0.649. The molecular weight excluding hydrogens is 741 g/mol. The Morgan fingerprint density at radius 2 is 0.948 bits per heavy atom. The average Bonchev–Trinajstić information content (AvgIpc) is 3.25. The monoisotopic (exact) mass is 786 g/mol. The van der Waals surface area contributed by atoms with Crippen molar-refractivity contribution in [2.75, 3.05) is 26.4 Å². The third-order valence-corrected chi connectivity index (χ3v) is 9.02. The lowest BCUT2D eigenvalue weighted by Crippen LogP contribution is -2.13. The average molecular weight is 787 g/mol. The molecule has 0 spiro atoms. The fourth-order valence-electron chi connectivity index (χ4n) is 5.88. The van der Waals surface area contributed by atoms with Gasteiger partial charge in [-0.25, -0.2) is 19.2 Å². The van der Waals surface area contributed by atoms with Gasteiger partial charge in [-0.3, -0.25) is 4.79 Å². The highest BCUT2D eigenvalue weighted by molar-refractivity contribution is 6.02. The van der Waals surface area contributed by atoms with Gasteiger partial charge in [0.25, 0.3) is 0 Å². The van der Waals surface area contributed by atoms with Crippen LogP contribution in [0.4, 0.5) is 0 Å². The standard InChI is InChI=1S/C47H46O11/c1-4-42(48)41-31-40(57-46(51)36-15-13-34-29-38(19-17-32(34)27-36)53-23-9-7-11-25-55-44(49)5-2)21-22-43(41)58-47(52)37-16-14-35-30-39(20-18-33(35)28-37)54-24-10-8-12-26-56-45(50)6-3/h5-6,13-22,27-31H,2-4,7-12,23-26H2,1H3. The summed E-state index contributed by atoms with van der Waals surface area (Å²) in [5.41, 5.74) is 0.718. The van der Waals surface area contributed by atoms with Gasteiger partial charge in [0.1, 0.15) is 23.0 Å². The molecular formula is C47H46O11. The summed E-state index contributed by atoms with van der Waals surface area (Å²) in [5, 5.41) is 3.36. The molecule has 0 aliphatic rings. The second kappa shape index (κ2) is 21.5. The highest BCUT2D eigenvalue weighted by Crippen LogP contribution is 2.29. The number of hydrogen-bond acceptors (Lipinski definition) is 11. The summed E-state index contributed by atoms with van der Waals surface area (Å²) in [4.78, 5) is 61.7. The summed E-state index contributed by atoms with van der Waals surface area (Å²) in [6, 6.07) is 25.8. The molecule has 300 valence electrons. The predicted molar refractivity (Wildman–Crippen MR) is 220 cm³/mol. The number of hydrogen-bond donors (Lipinski definition) is 0. The zero-order valence-electron chi connectivity index (χ0n) is 32.5. The van der Waals surface area contributed by atoms with Crippen molar-refractivity contribution in [3.8, 4) is 23.0 Å². The van der Waals surface area contributed by atoms with Gasteiger partial charge in [0.05, 0.1) is 43.1 Å². The second-order valence-electron chi connectivity index (χ2n) is 13.2. The first-order valence-electron chi connectivity index (χ1n) is 19.2. The molecule has 0 unspecified atom stereocenters. The molecule has 0 atom stereocenters. The number of esters is 4. The quantitative estimate of drug-likeness (QED) is 0.0218. The first-order valence-corrected chi connectivity index (χ1v) is 19.2. The number of rotatable bonds is 22. The number of ketones is 1. The number of carbonyl (C=O) groups is 5. The van der Waals surface area contributed by atoms with Crippen molar-refractivity contribution < 1.29 is 52.4 Å². The first kappa shape index (κ1) is 42.4. The van der Waals surface area contributed by atoms with E-state index in [4.69, 9.17) is 28.4 Å². The van der Waals surface area contributed by atoms with Crippen molar-refractivity contribution in [2.45, 2.75) is 51.9 Å². The van der Waals surface area contributed by atoms with Crippen LogP contribution in [0.2, 0.25) is 0 Å². The maximum atomic E-state index is 13.3. The molecule has 0 aliphatic carbocycles. The molecule has 11 heteroatoms. The molecule has 0 fully saturated rings. The van der Waals surface area contributed by atoms with E-state index in [2.05, 4.69) is 13.2 Å². The topological polar surface area (TPSA) is 141 Å². The van der Waals surface area contributed by atoms with E-state index in [-0.39, 0.29) is 29.3 Å². The summed E-state index contributed by atoms with van der Waals surface area (Å²) >= 11 is 0. The Hall–Kier alpha value is -6.75. The molecule has 0 radical (unpaired) electrons. The SMILES string of the molecule is C=CC(=O)OCCCCCOc1ccc2cc(C(=O)Oc3ccc(OC(=O)c4ccc5cc(OCCCCCOC(=O)C=C)ccc5c4)c(C(=O)CC)c3)ccc2c1. The molecule has 5 aromatic carbocycles. The Kier molecular flexibility index (Phi) is 15.7. The largest absolute Gasteiger partial charge is 0.494 e. The zero-order valence-corrected chi connectivity index (χ0v) is 32.5. The molecule has 0 saturated heterocycles. The number of unbranched alkanes of at least 4 members (excludes halogenated alkanes) is 4. The van der Waals surface area contributed by atoms with Gasteiger partial charge < -0.3 is 28.4 Å². The van der Waals surface area contributed by atoms with E-state index in [9.17, 15) is 24.0 Å². The maximum absolute atomic E-state index is 13.3. The summed E-state index contributed by atoms with van der Waals surface area (Å²) in [7, 11) is 0. The second-order valence-corrected chi connectivity index (χ2v) is 13.2. The Labute approximate surface area is 337 Å². The Morgan fingerprint density at radius 3 is 1.45 bits per heavy atom. The van der Waals surface area contributed by atoms with Crippen molar-refractivity contribution in [1.82, 2.24) is 0 Å². The van der Waals surface area contributed by atoms with E-state index in [1.807, 2.05) is 36.4 Å². The molecule has 0 heterocycles. The molecule has 0 aromatic heterocycles. The highest BCUT2D eigenvalue weighted by atomic mass is 16.5. The van der Waals surface area contributed by atoms with Crippen molar-refractivity contribution in [3.05, 3.63) is 133 Å². The summed E-state index contributed by atoms with van der Waals surface area (Å²) in [5.74, 6) is -0.842. The molecule has 5 aromatic rings. The predicted octanol–water partition coefficient (Wildman–Crippen LogP) is 9.58. The van der Waals surface area contributed by atoms with Crippen LogP contribution < -0.4 is 18.9 Å². The normalized spacial score (nSPS) is 10.7. The number of Topliss-reactive ketones (excluding diaryl/α,β-unsaturated/α-hetero) is 1. The van der Waals surface area contributed by atoms with Crippen LogP contribution in [0.25, 0.3) is 21.5 Å². The molecule has 0 N–H and O–H groups in total. The number of carbonyl (C=O) groups excluding carboxylic acids is 5. The van der Waals surface area contributed by atoms with E-state index in [0.717, 1.165) is 72.2 Å². The van der Waals surface area contributed by atoms with Crippen LogP contribution in [-0.2, 0) is 19.1 Å². The van der Waals surface area contributed by atoms with Gasteiger partial charge in [-0.1, -0.05) is 44.3 Å². The van der Waals surface area contributed by atoms with E-state index in [0.29, 0.717) is 49.1 Å². The Morgan fingerprint density at radius 1 is 0.500 bits per heavy atom. The first-order chi connectivity index (χ1) is 28.2. The van der Waals surface area contributed by atoms with Gasteiger partial charge in [-0.05, 0) is 127 Å². The van der Waals surface area contributed by atoms with E-state index < -0.39 is 23.9 Å². The molecule has 0 saturated carbocycles. The summed E-state index contributed by atoms with van der Waals surface area (Å²) in [6.45, 7) is 10.1. The summed E-state index contributed by atoms with van der Waals surface area (Å²) in [6.07, 6.45) is 7.19. The van der Waals surface area contributed by atoms with Gasteiger partial charge >= 0.3 is 23.9 Å². The van der Waals surface area contributed by atoms with Gasteiger partial charge in [-0.15, -0.1) is 0 Å². The number of fused-ring (bicyclic) bond motifs is 2. The van der Waals surface area contributed by atoms with Crippen LogP contribution in [0.3, 0.4) is 0 Å². The lowest BCUT2D eigenvalue weighted by Gasteiger charge is -2.12. The van der Waals surface area contributed by atoms with Crippen LogP contribution in [0.1, 0.15) is 82.9 Å². The van der Waals surface area contributed by atoms with Gasteiger partial charge in [0, 0.05) is 18.6 Å². The number of benzene rings is 5. The van der Waals surface area contributed by atoms with Crippen molar-refractivity contribution in [2.24, 2.45) is 0 Å². The molecule has 5 rings (SSSR count). The van der Waals surface area contributed by atoms with Crippen LogP contribution in [-0.4, -0.2) is 56.1 Å². The van der Waals surface area contributed by atoms with Crippen LogP contribution in [0, 0.1) is 0 Å². The molecule has 0 bridgehead atoms. The van der Waals surface area contributed by atoms with Gasteiger partial charge in [0.2, 0.25) is 0 Å². The van der Waals surface area contributed by atoms with Crippen LogP contribution in [0.5, 0.6) is 23.0 Å². The van der Waals surface area contributed by atoms with Crippen molar-refractivity contribution in [1.29, 1.82) is 0 Å². The van der Waals surface area contributed by atoms with Crippen LogP contribution in [0.15, 0.2) is 116 Å². The van der Waals surface area contributed by atoms with Crippen LogP contribution >= 0.6 is 0 Å². The highest BCUT2D eigenvalue weighted by Gasteiger charge is 2.19. The Bertz CT molecular complexity index is 2290. The smallest absolute Gasteiger partial charge is 0.343 e. The van der Waals surface area contributed by atoms with Crippen molar-refractivity contribution in [3.63, 3.8) is 0 Å². The van der Waals surface area contributed by atoms with E-state index >= 15 is 0 Å². The van der Waals surface area contributed by atoms with E-state index in [1.165, 1.54) is 18.2 Å². The zero-order chi connectivity index (χ0) is 41.3. The third-order valence-electron chi connectivity index (χ3n) is 9.02. The fourth-order valence-corrected chi connectivity index (χ4v) is 5.88.